The number of rotatable bonds is 4. The lowest BCUT2D eigenvalue weighted by Gasteiger charge is -2.35. The highest BCUT2D eigenvalue weighted by atomic mass is 32.1. The van der Waals surface area contributed by atoms with Crippen molar-refractivity contribution < 1.29 is 22.7 Å². The molecule has 5 nitrogen and oxygen atoms in total. The SMILES string of the molecule is CC[C@@H]1COCCN1C(=O)NCCc1nc(C(F)(F)F)cs1. The molecule has 2 amide bonds. The zero-order valence-corrected chi connectivity index (χ0v) is 13.0. The van der Waals surface area contributed by atoms with E-state index in [0.717, 1.165) is 23.1 Å². The summed E-state index contributed by atoms with van der Waals surface area (Å²) < 4.78 is 42.6. The van der Waals surface area contributed by atoms with Crippen molar-refractivity contribution in [2.75, 3.05) is 26.3 Å². The molecule has 1 aromatic heterocycles. The number of aromatic nitrogens is 1. The van der Waals surface area contributed by atoms with Crippen LogP contribution in [0.25, 0.3) is 0 Å². The minimum atomic E-state index is -4.42. The number of hydrogen-bond donors (Lipinski definition) is 1. The molecule has 1 atom stereocenters. The summed E-state index contributed by atoms with van der Waals surface area (Å²) in [6.45, 7) is 3.79. The van der Waals surface area contributed by atoms with Crippen molar-refractivity contribution in [2.45, 2.75) is 32.0 Å². The van der Waals surface area contributed by atoms with Crippen LogP contribution >= 0.6 is 11.3 Å². The van der Waals surface area contributed by atoms with E-state index in [9.17, 15) is 18.0 Å². The molecule has 9 heteroatoms. The number of carbonyl (C=O) groups excluding carboxylic acids is 1. The fraction of sp³-hybridized carbons (Fsp3) is 0.692. The van der Waals surface area contributed by atoms with Gasteiger partial charge in [0.25, 0.3) is 0 Å². The zero-order chi connectivity index (χ0) is 16.2. The molecule has 0 unspecified atom stereocenters. The number of carbonyl (C=O) groups is 1. The average molecular weight is 337 g/mol. The molecule has 0 bridgehead atoms. The molecular weight excluding hydrogens is 319 g/mol. The van der Waals surface area contributed by atoms with Gasteiger partial charge in [-0.3, -0.25) is 0 Å². The van der Waals surface area contributed by atoms with E-state index in [1.807, 2.05) is 6.92 Å². The van der Waals surface area contributed by atoms with Gasteiger partial charge < -0.3 is 15.0 Å². The highest BCUT2D eigenvalue weighted by Crippen LogP contribution is 2.30. The van der Waals surface area contributed by atoms with Crippen LogP contribution in [0.4, 0.5) is 18.0 Å². The van der Waals surface area contributed by atoms with E-state index in [2.05, 4.69) is 10.3 Å². The topological polar surface area (TPSA) is 54.5 Å². The first-order chi connectivity index (χ1) is 10.4. The van der Waals surface area contributed by atoms with E-state index in [1.165, 1.54) is 0 Å². The fourth-order valence-electron chi connectivity index (χ4n) is 2.19. The first kappa shape index (κ1) is 17.0. The molecule has 0 radical (unpaired) electrons. The van der Waals surface area contributed by atoms with E-state index >= 15 is 0 Å². The Bertz CT molecular complexity index is 507. The average Bonchev–Trinajstić information content (AvgIpc) is 2.96. The Morgan fingerprint density at radius 2 is 2.36 bits per heavy atom. The smallest absolute Gasteiger partial charge is 0.377 e. The van der Waals surface area contributed by atoms with Crippen molar-refractivity contribution in [3.63, 3.8) is 0 Å². The van der Waals surface area contributed by atoms with Crippen LogP contribution in [0.1, 0.15) is 24.0 Å². The van der Waals surface area contributed by atoms with Crippen molar-refractivity contribution in [1.82, 2.24) is 15.2 Å². The van der Waals surface area contributed by atoms with E-state index in [4.69, 9.17) is 4.74 Å². The predicted octanol–water partition coefficient (Wildman–Crippen LogP) is 2.52. The van der Waals surface area contributed by atoms with Crippen LogP contribution in [-0.2, 0) is 17.3 Å². The summed E-state index contributed by atoms with van der Waals surface area (Å²) in [5, 5.41) is 4.08. The van der Waals surface area contributed by atoms with Gasteiger partial charge in [0.1, 0.15) is 0 Å². The molecule has 124 valence electrons. The molecule has 22 heavy (non-hydrogen) atoms. The van der Waals surface area contributed by atoms with Crippen LogP contribution in [0.3, 0.4) is 0 Å². The molecule has 0 saturated carbocycles. The Kier molecular flexibility index (Phi) is 5.63. The minimum absolute atomic E-state index is 0.0467. The molecular formula is C13H18F3N3O2S. The maximum Gasteiger partial charge on any atom is 0.434 e. The van der Waals surface area contributed by atoms with Crippen LogP contribution in [0.5, 0.6) is 0 Å². The lowest BCUT2D eigenvalue weighted by Crippen LogP contribution is -2.52. The number of hydrogen-bond acceptors (Lipinski definition) is 4. The molecule has 1 aromatic rings. The molecule has 2 heterocycles. The molecule has 1 aliphatic rings. The summed E-state index contributed by atoms with van der Waals surface area (Å²) in [6.07, 6.45) is -3.33. The second kappa shape index (κ2) is 7.28. The van der Waals surface area contributed by atoms with E-state index in [1.54, 1.807) is 4.90 Å². The van der Waals surface area contributed by atoms with Crippen LogP contribution in [-0.4, -0.2) is 48.3 Å². The summed E-state index contributed by atoms with van der Waals surface area (Å²) in [5.74, 6) is 0. The van der Waals surface area contributed by atoms with Crippen molar-refractivity contribution >= 4 is 17.4 Å². The first-order valence-electron chi connectivity index (χ1n) is 7.05. The summed E-state index contributed by atoms with van der Waals surface area (Å²) >= 11 is 0.953. The molecule has 1 saturated heterocycles. The van der Waals surface area contributed by atoms with Crippen LogP contribution in [0, 0.1) is 0 Å². The number of alkyl halides is 3. The van der Waals surface area contributed by atoms with E-state index in [-0.39, 0.29) is 25.0 Å². The number of thiazole rings is 1. The lowest BCUT2D eigenvalue weighted by atomic mass is 10.2. The molecule has 0 aliphatic carbocycles. The van der Waals surface area contributed by atoms with Crippen LogP contribution in [0.2, 0.25) is 0 Å². The Morgan fingerprint density at radius 1 is 1.59 bits per heavy atom. The molecule has 0 aromatic carbocycles. The molecule has 2 rings (SSSR count). The standard InChI is InChI=1S/C13H18F3N3O2S/c1-2-9-7-21-6-5-19(9)12(20)17-4-3-11-18-10(8-22-11)13(14,15)16/h8-9H,2-7H2,1H3,(H,17,20)/t9-/m1/s1. The van der Waals surface area contributed by atoms with Crippen molar-refractivity contribution in [2.24, 2.45) is 0 Å². The number of nitrogens with zero attached hydrogens (tertiary/aromatic N) is 2. The largest absolute Gasteiger partial charge is 0.434 e. The Morgan fingerprint density at radius 3 is 3.00 bits per heavy atom. The predicted molar refractivity (Wildman–Crippen MR) is 75.8 cm³/mol. The van der Waals surface area contributed by atoms with Gasteiger partial charge in [-0.05, 0) is 6.42 Å². The number of urea groups is 1. The third-order valence-electron chi connectivity index (χ3n) is 3.42. The van der Waals surface area contributed by atoms with Gasteiger partial charge >= 0.3 is 12.2 Å². The Hall–Kier alpha value is -1.35. The number of ether oxygens (including phenoxy) is 1. The van der Waals surface area contributed by atoms with E-state index in [0.29, 0.717) is 24.8 Å². The van der Waals surface area contributed by atoms with Gasteiger partial charge in [-0.2, -0.15) is 13.2 Å². The summed E-state index contributed by atoms with van der Waals surface area (Å²) in [5.41, 5.74) is -0.877. The highest BCUT2D eigenvalue weighted by molar-refractivity contribution is 7.09. The number of morpholine rings is 1. The molecule has 0 spiro atoms. The second-order valence-electron chi connectivity index (χ2n) is 4.94. The summed E-state index contributed by atoms with van der Waals surface area (Å²) in [7, 11) is 0. The third-order valence-corrected chi connectivity index (χ3v) is 4.33. The minimum Gasteiger partial charge on any atom is -0.377 e. The highest BCUT2D eigenvalue weighted by Gasteiger charge is 2.33. The second-order valence-corrected chi connectivity index (χ2v) is 5.88. The lowest BCUT2D eigenvalue weighted by molar-refractivity contribution is -0.140. The Labute approximate surface area is 130 Å². The van der Waals surface area contributed by atoms with Crippen molar-refractivity contribution in [1.29, 1.82) is 0 Å². The van der Waals surface area contributed by atoms with Gasteiger partial charge in [-0.25, -0.2) is 9.78 Å². The molecule has 1 aliphatic heterocycles. The maximum absolute atomic E-state index is 12.4. The fourth-order valence-corrected chi connectivity index (χ4v) is 3.00. The summed E-state index contributed by atoms with van der Waals surface area (Å²) in [4.78, 5) is 17.3. The number of amides is 2. The van der Waals surface area contributed by atoms with Gasteiger partial charge in [-0.15, -0.1) is 11.3 Å². The van der Waals surface area contributed by atoms with Gasteiger partial charge in [0.2, 0.25) is 0 Å². The third kappa shape index (κ3) is 4.33. The molecule has 1 fully saturated rings. The normalized spacial score (nSPS) is 19.3. The van der Waals surface area contributed by atoms with Gasteiger partial charge in [0, 0.05) is 24.9 Å². The van der Waals surface area contributed by atoms with Crippen molar-refractivity contribution in [3.05, 3.63) is 16.1 Å². The Balaban J connectivity index is 1.80. The first-order valence-corrected chi connectivity index (χ1v) is 7.93. The maximum atomic E-state index is 12.4. The number of nitrogens with one attached hydrogen (secondary N) is 1. The van der Waals surface area contributed by atoms with Gasteiger partial charge in [0.15, 0.2) is 5.69 Å². The van der Waals surface area contributed by atoms with Crippen LogP contribution < -0.4 is 5.32 Å². The van der Waals surface area contributed by atoms with Crippen molar-refractivity contribution in [3.8, 4) is 0 Å². The number of halogens is 3. The monoisotopic (exact) mass is 337 g/mol. The zero-order valence-electron chi connectivity index (χ0n) is 12.2. The van der Waals surface area contributed by atoms with Gasteiger partial charge in [-0.1, -0.05) is 6.92 Å². The summed E-state index contributed by atoms with van der Waals surface area (Å²) in [6, 6.07) is -0.159. The van der Waals surface area contributed by atoms with E-state index < -0.39 is 11.9 Å². The van der Waals surface area contributed by atoms with Crippen LogP contribution in [0.15, 0.2) is 5.38 Å². The quantitative estimate of drug-likeness (QED) is 0.919. The molecule has 1 N–H and O–H groups in total. The van der Waals surface area contributed by atoms with Gasteiger partial charge in [0.05, 0.1) is 24.3 Å².